The molecule has 0 unspecified atom stereocenters. The number of benzene rings is 2. The summed E-state index contributed by atoms with van der Waals surface area (Å²) in [4.78, 5) is 0. The fourth-order valence-electron chi connectivity index (χ4n) is 1.80. The van der Waals surface area contributed by atoms with Crippen LogP contribution in [0.2, 0.25) is 5.02 Å². The summed E-state index contributed by atoms with van der Waals surface area (Å²) in [6.07, 6.45) is 0. The molecule has 0 amide bonds. The van der Waals surface area contributed by atoms with Gasteiger partial charge in [0.15, 0.2) is 11.6 Å². The van der Waals surface area contributed by atoms with E-state index in [2.05, 4.69) is 0 Å². The first-order chi connectivity index (χ1) is 9.09. The van der Waals surface area contributed by atoms with Crippen molar-refractivity contribution in [1.29, 1.82) is 0 Å². The lowest BCUT2D eigenvalue weighted by atomic mass is 10.1. The molecule has 0 fully saturated rings. The number of nitrogens with two attached hydrogens (primary N) is 1. The van der Waals surface area contributed by atoms with Crippen LogP contribution in [0.5, 0.6) is 5.75 Å². The van der Waals surface area contributed by atoms with E-state index in [0.29, 0.717) is 10.6 Å². The third-order valence-electron chi connectivity index (χ3n) is 2.82. The van der Waals surface area contributed by atoms with Crippen molar-refractivity contribution in [2.45, 2.75) is 19.6 Å². The van der Waals surface area contributed by atoms with Crippen LogP contribution >= 0.6 is 11.6 Å². The van der Waals surface area contributed by atoms with Gasteiger partial charge < -0.3 is 10.5 Å². The van der Waals surface area contributed by atoms with Gasteiger partial charge in [0.2, 0.25) is 0 Å². The lowest BCUT2D eigenvalue weighted by Crippen LogP contribution is -2.09. The van der Waals surface area contributed by atoms with Crippen LogP contribution in [0.1, 0.15) is 24.1 Å². The predicted molar refractivity (Wildman–Crippen MR) is 74.8 cm³/mol. The Hall–Kier alpha value is -1.58. The Morgan fingerprint density at radius 2 is 1.95 bits per heavy atom. The van der Waals surface area contributed by atoms with E-state index in [4.69, 9.17) is 22.1 Å². The maximum absolute atomic E-state index is 13.8. The van der Waals surface area contributed by atoms with Crippen molar-refractivity contribution in [1.82, 2.24) is 0 Å². The molecule has 2 aromatic rings. The second-order valence-corrected chi connectivity index (χ2v) is 4.73. The molecule has 0 bridgehead atoms. The van der Waals surface area contributed by atoms with Crippen molar-refractivity contribution in [2.75, 3.05) is 0 Å². The maximum Gasteiger partial charge on any atom is 0.165 e. The average molecular weight is 280 g/mol. The molecular formula is C15H15ClFNO. The van der Waals surface area contributed by atoms with Gasteiger partial charge >= 0.3 is 0 Å². The topological polar surface area (TPSA) is 35.2 Å². The van der Waals surface area contributed by atoms with E-state index in [1.807, 2.05) is 18.2 Å². The van der Waals surface area contributed by atoms with E-state index < -0.39 is 5.82 Å². The van der Waals surface area contributed by atoms with Crippen LogP contribution in [0.3, 0.4) is 0 Å². The number of hydrogen-bond donors (Lipinski definition) is 1. The van der Waals surface area contributed by atoms with Crippen LogP contribution in [-0.4, -0.2) is 0 Å². The molecule has 0 aliphatic rings. The van der Waals surface area contributed by atoms with Gasteiger partial charge in [0.05, 0.1) is 0 Å². The summed E-state index contributed by atoms with van der Waals surface area (Å²) in [5.41, 5.74) is 7.26. The quantitative estimate of drug-likeness (QED) is 0.915. The van der Waals surface area contributed by atoms with Crippen LogP contribution in [0.15, 0.2) is 42.5 Å². The molecule has 2 aromatic carbocycles. The summed E-state index contributed by atoms with van der Waals surface area (Å²) in [6, 6.07) is 11.8. The van der Waals surface area contributed by atoms with E-state index in [0.717, 1.165) is 5.56 Å². The summed E-state index contributed by atoms with van der Waals surface area (Å²) >= 11 is 6.03. The van der Waals surface area contributed by atoms with Gasteiger partial charge in [-0.15, -0.1) is 0 Å². The van der Waals surface area contributed by atoms with E-state index in [-0.39, 0.29) is 18.4 Å². The lowest BCUT2D eigenvalue weighted by Gasteiger charge is -2.15. The molecule has 0 radical (unpaired) electrons. The Kier molecular flexibility index (Phi) is 4.40. The highest BCUT2D eigenvalue weighted by molar-refractivity contribution is 6.31. The minimum Gasteiger partial charge on any atom is -0.485 e. The predicted octanol–water partition coefficient (Wildman–Crippen LogP) is 4.08. The smallest absolute Gasteiger partial charge is 0.165 e. The van der Waals surface area contributed by atoms with Gasteiger partial charge in [-0.1, -0.05) is 41.9 Å². The highest BCUT2D eigenvalue weighted by atomic mass is 35.5. The third kappa shape index (κ3) is 3.25. The van der Waals surface area contributed by atoms with Crippen molar-refractivity contribution in [3.63, 3.8) is 0 Å². The Bertz CT molecular complexity index is 572. The molecule has 0 spiro atoms. The largest absolute Gasteiger partial charge is 0.485 e. The van der Waals surface area contributed by atoms with Gasteiger partial charge in [-0.2, -0.15) is 0 Å². The number of ether oxygens (including phenoxy) is 1. The first-order valence-corrected chi connectivity index (χ1v) is 6.37. The van der Waals surface area contributed by atoms with Gasteiger partial charge in [0, 0.05) is 22.2 Å². The zero-order valence-electron chi connectivity index (χ0n) is 10.6. The number of para-hydroxylation sites is 1. The Morgan fingerprint density at radius 1 is 1.21 bits per heavy atom. The summed E-state index contributed by atoms with van der Waals surface area (Å²) in [6.45, 7) is 2.00. The zero-order valence-corrected chi connectivity index (χ0v) is 11.3. The molecule has 2 nitrogen and oxygen atoms in total. The first kappa shape index (κ1) is 13.8. The fourth-order valence-corrected chi connectivity index (χ4v) is 1.99. The molecule has 2 N–H and O–H groups in total. The monoisotopic (exact) mass is 279 g/mol. The van der Waals surface area contributed by atoms with Gasteiger partial charge in [-0.05, 0) is 19.1 Å². The van der Waals surface area contributed by atoms with E-state index in [9.17, 15) is 4.39 Å². The minimum absolute atomic E-state index is 0.192. The van der Waals surface area contributed by atoms with Gasteiger partial charge in [-0.3, -0.25) is 0 Å². The standard InChI is InChI=1S/C15H15ClFNO/c1-10(18)12-6-4-8-14(17)15(12)19-9-11-5-2-3-7-13(11)16/h2-8,10H,9,18H2,1H3/t10-/m1/s1. The van der Waals surface area contributed by atoms with Crippen LogP contribution in [0, 0.1) is 5.82 Å². The van der Waals surface area contributed by atoms with Crippen LogP contribution in [0.4, 0.5) is 4.39 Å². The second-order valence-electron chi connectivity index (χ2n) is 4.33. The molecule has 0 aromatic heterocycles. The van der Waals surface area contributed by atoms with Crippen molar-refractivity contribution in [3.05, 3.63) is 64.4 Å². The van der Waals surface area contributed by atoms with Crippen LogP contribution < -0.4 is 10.5 Å². The molecule has 4 heteroatoms. The second kappa shape index (κ2) is 6.04. The van der Waals surface area contributed by atoms with E-state index in [1.54, 1.807) is 25.1 Å². The lowest BCUT2D eigenvalue weighted by molar-refractivity contribution is 0.285. The SMILES string of the molecule is C[C@@H](N)c1cccc(F)c1OCc1ccccc1Cl. The molecule has 19 heavy (non-hydrogen) atoms. The van der Waals surface area contributed by atoms with E-state index >= 15 is 0 Å². The fraction of sp³-hybridized carbons (Fsp3) is 0.200. The highest BCUT2D eigenvalue weighted by Crippen LogP contribution is 2.28. The summed E-state index contributed by atoms with van der Waals surface area (Å²) in [5.74, 6) is -0.223. The van der Waals surface area contributed by atoms with Crippen molar-refractivity contribution < 1.29 is 9.13 Å². The summed E-state index contributed by atoms with van der Waals surface area (Å²) < 4.78 is 19.4. The molecule has 0 aliphatic carbocycles. The molecule has 100 valence electrons. The molecule has 0 heterocycles. The molecule has 2 rings (SSSR count). The molecule has 1 atom stereocenters. The molecular weight excluding hydrogens is 265 g/mol. The van der Waals surface area contributed by atoms with Gasteiger partial charge in [-0.25, -0.2) is 4.39 Å². The van der Waals surface area contributed by atoms with Crippen LogP contribution in [-0.2, 0) is 6.61 Å². The minimum atomic E-state index is -0.415. The third-order valence-corrected chi connectivity index (χ3v) is 3.19. The van der Waals surface area contributed by atoms with Crippen LogP contribution in [0.25, 0.3) is 0 Å². The van der Waals surface area contributed by atoms with E-state index in [1.165, 1.54) is 6.07 Å². The number of hydrogen-bond acceptors (Lipinski definition) is 2. The normalized spacial score (nSPS) is 12.2. The summed E-state index contributed by atoms with van der Waals surface area (Å²) in [7, 11) is 0. The zero-order chi connectivity index (χ0) is 13.8. The summed E-state index contributed by atoms with van der Waals surface area (Å²) in [5, 5.41) is 0.598. The average Bonchev–Trinajstić information content (AvgIpc) is 2.38. The number of rotatable bonds is 4. The molecule has 0 saturated heterocycles. The van der Waals surface area contributed by atoms with Crippen molar-refractivity contribution in [3.8, 4) is 5.75 Å². The molecule has 0 saturated carbocycles. The van der Waals surface area contributed by atoms with Crippen molar-refractivity contribution in [2.24, 2.45) is 5.73 Å². The maximum atomic E-state index is 13.8. The molecule has 0 aliphatic heterocycles. The van der Waals surface area contributed by atoms with Gasteiger partial charge in [0.25, 0.3) is 0 Å². The highest BCUT2D eigenvalue weighted by Gasteiger charge is 2.13. The van der Waals surface area contributed by atoms with Crippen molar-refractivity contribution >= 4 is 11.6 Å². The van der Waals surface area contributed by atoms with Gasteiger partial charge in [0.1, 0.15) is 6.61 Å². The first-order valence-electron chi connectivity index (χ1n) is 6.00. The number of halogens is 2. The Balaban J connectivity index is 2.22. The Morgan fingerprint density at radius 3 is 2.63 bits per heavy atom. The Labute approximate surface area is 117 Å².